The van der Waals surface area contributed by atoms with Gasteiger partial charge in [0.1, 0.15) is 11.6 Å². The van der Waals surface area contributed by atoms with Crippen molar-refractivity contribution in [1.29, 1.82) is 0 Å². The topological polar surface area (TPSA) is 121 Å². The summed E-state index contributed by atoms with van der Waals surface area (Å²) in [6.07, 6.45) is 5.21. The molecule has 10 nitrogen and oxygen atoms in total. The Bertz CT molecular complexity index is 1850. The molecular weight excluding hydrogens is 562 g/mol. The van der Waals surface area contributed by atoms with Crippen LogP contribution in [0.25, 0.3) is 22.5 Å². The van der Waals surface area contributed by atoms with Gasteiger partial charge >= 0.3 is 5.91 Å². The molecular formula is C29H22ClN7O3S. The number of halogens is 1. The van der Waals surface area contributed by atoms with Crippen LogP contribution in [0.5, 0.6) is 0 Å². The average molecular weight is 584 g/mol. The number of nitrogens with zero attached hydrogens (tertiary/aromatic N) is 6. The summed E-state index contributed by atoms with van der Waals surface area (Å²) in [5.41, 5.74) is 2.49. The summed E-state index contributed by atoms with van der Waals surface area (Å²) in [5.74, 6) is 0.625. The lowest BCUT2D eigenvalue weighted by molar-refractivity contribution is 0.0911. The van der Waals surface area contributed by atoms with Crippen LogP contribution >= 0.6 is 22.9 Å². The van der Waals surface area contributed by atoms with Gasteiger partial charge in [0.05, 0.1) is 28.5 Å². The Hall–Kier alpha value is -4.87. The van der Waals surface area contributed by atoms with Gasteiger partial charge in [0.25, 0.3) is 5.56 Å². The lowest BCUT2D eigenvalue weighted by Gasteiger charge is -2.16. The highest BCUT2D eigenvalue weighted by Crippen LogP contribution is 2.33. The first-order valence-electron chi connectivity index (χ1n) is 12.7. The second-order valence-electron chi connectivity index (χ2n) is 8.93. The third-order valence-electron chi connectivity index (χ3n) is 6.31. The van der Waals surface area contributed by atoms with Crippen LogP contribution in [0.4, 0.5) is 5.82 Å². The summed E-state index contributed by atoms with van der Waals surface area (Å²) in [4.78, 5) is 36.2. The second-order valence-corrected chi connectivity index (χ2v) is 10.7. The highest BCUT2D eigenvalue weighted by Gasteiger charge is 2.23. The van der Waals surface area contributed by atoms with Crippen molar-refractivity contribution in [3.05, 3.63) is 123 Å². The molecule has 1 aromatic carbocycles. The molecule has 0 saturated heterocycles. The zero-order valence-corrected chi connectivity index (χ0v) is 23.0. The van der Waals surface area contributed by atoms with Gasteiger partial charge in [-0.05, 0) is 29.8 Å². The first-order valence-corrected chi connectivity index (χ1v) is 13.9. The number of rotatable bonds is 9. The van der Waals surface area contributed by atoms with E-state index in [2.05, 4.69) is 25.5 Å². The fourth-order valence-electron chi connectivity index (χ4n) is 4.43. The lowest BCUT2D eigenvalue weighted by atomic mass is 10.0. The smallest absolute Gasteiger partial charge is 0.318 e. The quantitative estimate of drug-likeness (QED) is 0.240. The molecule has 6 aromatic rings. The van der Waals surface area contributed by atoms with Gasteiger partial charge in [0.15, 0.2) is 0 Å². The maximum absolute atomic E-state index is 13.4. The summed E-state index contributed by atoms with van der Waals surface area (Å²) < 4.78 is 8.73. The van der Waals surface area contributed by atoms with Gasteiger partial charge in [0.2, 0.25) is 5.76 Å². The first-order chi connectivity index (χ1) is 20.1. The Morgan fingerprint density at radius 1 is 0.976 bits per heavy atom. The summed E-state index contributed by atoms with van der Waals surface area (Å²) in [6, 6.07) is 21.6. The zero-order chi connectivity index (χ0) is 28.2. The van der Waals surface area contributed by atoms with Crippen LogP contribution in [0.3, 0.4) is 0 Å². The largest absolute Gasteiger partial charge is 0.365 e. The van der Waals surface area contributed by atoms with Crippen molar-refractivity contribution in [1.82, 2.24) is 29.5 Å². The van der Waals surface area contributed by atoms with Gasteiger partial charge in [-0.1, -0.05) is 47.1 Å². The third-order valence-corrected chi connectivity index (χ3v) is 7.54. The van der Waals surface area contributed by atoms with Crippen molar-refractivity contribution in [3.8, 4) is 22.5 Å². The molecule has 0 saturated carbocycles. The Morgan fingerprint density at radius 3 is 2.54 bits per heavy atom. The Balaban J connectivity index is 1.45. The fraction of sp³-hybridized carbons (Fsp3) is 0.103. The fourth-order valence-corrected chi connectivity index (χ4v) is 5.46. The number of hydrogen-bond donors (Lipinski definition) is 1. The highest BCUT2D eigenvalue weighted by molar-refractivity contribution is 7.16. The number of aryl methyl sites for hydroxylation is 1. The second kappa shape index (κ2) is 11.7. The summed E-state index contributed by atoms with van der Waals surface area (Å²) >= 11 is 7.55. The van der Waals surface area contributed by atoms with Gasteiger partial charge < -0.3 is 14.4 Å². The summed E-state index contributed by atoms with van der Waals surface area (Å²) in [6.45, 7) is 0.775. The van der Waals surface area contributed by atoms with Gasteiger partial charge in [-0.25, -0.2) is 9.97 Å². The molecule has 0 amide bonds. The number of thiophene rings is 1. The van der Waals surface area contributed by atoms with Crippen molar-refractivity contribution < 1.29 is 9.32 Å². The van der Waals surface area contributed by atoms with E-state index in [-0.39, 0.29) is 11.3 Å². The maximum Gasteiger partial charge on any atom is 0.318 e. The molecule has 5 heterocycles. The molecule has 41 heavy (non-hydrogen) atoms. The SMILES string of the molecule is O=C(c1ccno1)n1nc(-c2ccc(=O)n(CCc3ncccn3)c2-c2ccccc2)cc1NCc1ccc(Cl)s1. The van der Waals surface area contributed by atoms with Crippen LogP contribution in [-0.2, 0) is 19.5 Å². The molecule has 0 spiro atoms. The van der Waals surface area contributed by atoms with Crippen LogP contribution in [0, 0.1) is 0 Å². The Morgan fingerprint density at radius 2 is 1.80 bits per heavy atom. The zero-order valence-electron chi connectivity index (χ0n) is 21.5. The number of nitrogens with one attached hydrogen (secondary N) is 1. The molecule has 204 valence electrons. The summed E-state index contributed by atoms with van der Waals surface area (Å²) in [5, 5.41) is 11.6. The van der Waals surface area contributed by atoms with Crippen molar-refractivity contribution >= 4 is 34.7 Å². The molecule has 0 aliphatic carbocycles. The van der Waals surface area contributed by atoms with E-state index in [4.69, 9.17) is 16.1 Å². The number of carbonyl (C=O) groups is 1. The molecule has 5 aromatic heterocycles. The predicted octanol–water partition coefficient (Wildman–Crippen LogP) is 5.42. The van der Waals surface area contributed by atoms with Gasteiger partial charge in [-0.15, -0.1) is 11.3 Å². The molecule has 0 fully saturated rings. The number of aromatic nitrogens is 6. The Kier molecular flexibility index (Phi) is 7.52. The normalized spacial score (nSPS) is 11.0. The van der Waals surface area contributed by atoms with Crippen LogP contribution in [0.2, 0.25) is 4.34 Å². The molecule has 0 bridgehead atoms. The van der Waals surface area contributed by atoms with Crippen LogP contribution < -0.4 is 10.9 Å². The number of hydrogen-bond acceptors (Lipinski definition) is 9. The number of benzene rings is 1. The molecule has 0 aliphatic heterocycles. The number of carbonyl (C=O) groups excluding carboxylic acids is 1. The van der Waals surface area contributed by atoms with E-state index < -0.39 is 5.91 Å². The number of anilines is 1. The standard InChI is InChI=1S/C29H22ClN7O3S/c30-24-9-7-20(41-24)18-33-26-17-22(35-37(26)29(39)23-11-15-34-40-23)21-8-10-27(38)36(16-12-25-31-13-4-14-32-25)28(21)19-5-2-1-3-6-19/h1-11,13-15,17,33H,12,16,18H2. The van der Waals surface area contributed by atoms with Gasteiger partial charge in [-0.2, -0.15) is 9.78 Å². The molecule has 0 aliphatic rings. The molecule has 12 heteroatoms. The van der Waals surface area contributed by atoms with E-state index >= 15 is 0 Å². The van der Waals surface area contributed by atoms with Crippen molar-refractivity contribution in [2.75, 3.05) is 5.32 Å². The van der Waals surface area contributed by atoms with Crippen LogP contribution in [0.1, 0.15) is 21.3 Å². The van der Waals surface area contributed by atoms with Crippen LogP contribution in [0.15, 0.2) is 101 Å². The van der Waals surface area contributed by atoms with Crippen LogP contribution in [-0.4, -0.2) is 35.4 Å². The molecule has 0 atom stereocenters. The minimum absolute atomic E-state index is 0.0398. The predicted molar refractivity (Wildman–Crippen MR) is 156 cm³/mol. The van der Waals surface area contributed by atoms with Crippen molar-refractivity contribution in [2.24, 2.45) is 0 Å². The minimum atomic E-state index is -0.490. The third kappa shape index (κ3) is 5.72. The van der Waals surface area contributed by atoms with Crippen molar-refractivity contribution in [2.45, 2.75) is 19.5 Å². The van der Waals surface area contributed by atoms with E-state index in [1.165, 1.54) is 34.3 Å². The van der Waals surface area contributed by atoms with E-state index in [9.17, 15) is 9.59 Å². The van der Waals surface area contributed by atoms with E-state index in [0.29, 0.717) is 52.4 Å². The van der Waals surface area contributed by atoms with E-state index in [0.717, 1.165) is 10.4 Å². The summed E-state index contributed by atoms with van der Waals surface area (Å²) in [7, 11) is 0. The molecule has 0 radical (unpaired) electrons. The molecule has 6 rings (SSSR count). The highest BCUT2D eigenvalue weighted by atomic mass is 35.5. The van der Waals surface area contributed by atoms with Crippen molar-refractivity contribution in [3.63, 3.8) is 0 Å². The molecule has 0 unspecified atom stereocenters. The average Bonchev–Trinajstić information content (AvgIpc) is 3.78. The minimum Gasteiger partial charge on any atom is -0.365 e. The molecule has 1 N–H and O–H groups in total. The van der Waals surface area contributed by atoms with E-state index in [1.54, 1.807) is 35.2 Å². The van der Waals surface area contributed by atoms with E-state index in [1.807, 2.05) is 42.5 Å². The van der Waals surface area contributed by atoms with Gasteiger partial charge in [-0.3, -0.25) is 9.59 Å². The maximum atomic E-state index is 13.4. The monoisotopic (exact) mass is 583 g/mol. The van der Waals surface area contributed by atoms with Gasteiger partial charge in [0, 0.05) is 54.0 Å². The first kappa shape index (κ1) is 26.4. The number of pyridine rings is 1. The lowest BCUT2D eigenvalue weighted by Crippen LogP contribution is -2.23. The Labute approximate surface area is 242 Å².